The minimum atomic E-state index is -0.752. The van der Waals surface area contributed by atoms with Crippen molar-refractivity contribution in [3.05, 3.63) is 29.8 Å². The molecule has 176 valence electrons. The number of anilines is 1. The standard InChI is InChI=1S/C23H34N4O5/c1-15(2)14-32-20(29)12-18-22(31)24-10-11-27(18)13-19(28)25-17-8-6-16(7-9-17)21(30)26-23(3,4)5/h6-9,15,18H,10-14H2,1-5H3,(H,24,31)(H,25,28)(H,26,30). The number of benzene rings is 1. The van der Waals surface area contributed by atoms with Gasteiger partial charge in [0.2, 0.25) is 11.8 Å². The maximum atomic E-state index is 12.6. The maximum Gasteiger partial charge on any atom is 0.307 e. The van der Waals surface area contributed by atoms with Gasteiger partial charge < -0.3 is 20.7 Å². The van der Waals surface area contributed by atoms with Crippen LogP contribution in [0.4, 0.5) is 5.69 Å². The van der Waals surface area contributed by atoms with Gasteiger partial charge in [0.25, 0.3) is 5.91 Å². The molecule has 0 saturated carbocycles. The fourth-order valence-corrected chi connectivity index (χ4v) is 3.15. The van der Waals surface area contributed by atoms with Crippen molar-refractivity contribution in [2.45, 2.75) is 52.6 Å². The number of ether oxygens (including phenoxy) is 1. The third-order valence-corrected chi connectivity index (χ3v) is 4.65. The molecule has 1 aromatic rings. The molecule has 1 saturated heterocycles. The Morgan fingerprint density at radius 2 is 1.84 bits per heavy atom. The van der Waals surface area contributed by atoms with Crippen LogP contribution < -0.4 is 16.0 Å². The second-order valence-electron chi connectivity index (χ2n) is 9.39. The molecule has 9 nitrogen and oxygen atoms in total. The normalized spacial score (nSPS) is 16.9. The molecule has 32 heavy (non-hydrogen) atoms. The van der Waals surface area contributed by atoms with E-state index >= 15 is 0 Å². The molecule has 0 bridgehead atoms. The van der Waals surface area contributed by atoms with Crippen LogP contribution in [0.3, 0.4) is 0 Å². The highest BCUT2D eigenvalue weighted by Gasteiger charge is 2.33. The summed E-state index contributed by atoms with van der Waals surface area (Å²) in [5, 5.41) is 8.38. The van der Waals surface area contributed by atoms with Crippen LogP contribution in [0.1, 0.15) is 51.4 Å². The van der Waals surface area contributed by atoms with E-state index in [4.69, 9.17) is 4.74 Å². The van der Waals surface area contributed by atoms with Crippen LogP contribution in [0.2, 0.25) is 0 Å². The van der Waals surface area contributed by atoms with E-state index in [0.29, 0.717) is 24.3 Å². The van der Waals surface area contributed by atoms with Crippen molar-refractivity contribution in [1.82, 2.24) is 15.5 Å². The van der Waals surface area contributed by atoms with E-state index in [1.54, 1.807) is 29.2 Å². The lowest BCUT2D eigenvalue weighted by atomic mass is 10.1. The van der Waals surface area contributed by atoms with E-state index < -0.39 is 12.0 Å². The van der Waals surface area contributed by atoms with Crippen LogP contribution in [0.5, 0.6) is 0 Å². The van der Waals surface area contributed by atoms with E-state index in [9.17, 15) is 19.2 Å². The van der Waals surface area contributed by atoms with Crippen molar-refractivity contribution >= 4 is 29.4 Å². The third-order valence-electron chi connectivity index (χ3n) is 4.65. The highest BCUT2D eigenvalue weighted by atomic mass is 16.5. The molecule has 9 heteroatoms. The summed E-state index contributed by atoms with van der Waals surface area (Å²) < 4.78 is 5.19. The van der Waals surface area contributed by atoms with Gasteiger partial charge in [0.15, 0.2) is 0 Å². The average molecular weight is 447 g/mol. The van der Waals surface area contributed by atoms with Gasteiger partial charge in [-0.1, -0.05) is 13.8 Å². The van der Waals surface area contributed by atoms with Crippen molar-refractivity contribution in [3.63, 3.8) is 0 Å². The Kier molecular flexibility index (Phi) is 8.77. The highest BCUT2D eigenvalue weighted by molar-refractivity contribution is 5.96. The molecule has 1 unspecified atom stereocenters. The Morgan fingerprint density at radius 3 is 2.44 bits per heavy atom. The maximum absolute atomic E-state index is 12.6. The van der Waals surface area contributed by atoms with Gasteiger partial charge in [0, 0.05) is 29.9 Å². The fraction of sp³-hybridized carbons (Fsp3) is 0.565. The fourth-order valence-electron chi connectivity index (χ4n) is 3.15. The van der Waals surface area contributed by atoms with Crippen LogP contribution in [0.15, 0.2) is 24.3 Å². The summed E-state index contributed by atoms with van der Waals surface area (Å²) in [4.78, 5) is 50.8. The lowest BCUT2D eigenvalue weighted by molar-refractivity contribution is -0.149. The first-order valence-corrected chi connectivity index (χ1v) is 10.8. The van der Waals surface area contributed by atoms with E-state index in [2.05, 4.69) is 16.0 Å². The summed E-state index contributed by atoms with van der Waals surface area (Å²) >= 11 is 0. The molecular weight excluding hydrogens is 412 g/mol. The average Bonchev–Trinajstić information content (AvgIpc) is 2.68. The first kappa shape index (κ1) is 25.3. The molecule has 1 heterocycles. The van der Waals surface area contributed by atoms with Crippen molar-refractivity contribution in [3.8, 4) is 0 Å². The van der Waals surface area contributed by atoms with Crippen LogP contribution in [-0.2, 0) is 19.1 Å². The van der Waals surface area contributed by atoms with Gasteiger partial charge in [-0.3, -0.25) is 24.1 Å². The number of amides is 3. The largest absolute Gasteiger partial charge is 0.465 e. The Labute approximate surface area is 189 Å². The molecule has 2 rings (SSSR count). The van der Waals surface area contributed by atoms with Crippen LogP contribution in [0, 0.1) is 5.92 Å². The minimum Gasteiger partial charge on any atom is -0.465 e. The molecule has 0 spiro atoms. The SMILES string of the molecule is CC(C)COC(=O)CC1C(=O)NCCN1CC(=O)Nc1ccc(C(=O)NC(C)(C)C)cc1. The van der Waals surface area contributed by atoms with Crippen LogP contribution in [0.25, 0.3) is 0 Å². The number of carbonyl (C=O) groups is 4. The molecule has 1 aliphatic heterocycles. The summed E-state index contributed by atoms with van der Waals surface area (Å²) in [5.74, 6) is -1.06. The molecule has 0 aliphatic carbocycles. The smallest absolute Gasteiger partial charge is 0.307 e. The van der Waals surface area contributed by atoms with Crippen molar-refractivity contribution in [2.75, 3.05) is 31.6 Å². The number of hydrogen-bond acceptors (Lipinski definition) is 6. The van der Waals surface area contributed by atoms with E-state index in [0.717, 1.165) is 0 Å². The van der Waals surface area contributed by atoms with Gasteiger partial charge in [0.05, 0.1) is 19.6 Å². The zero-order valence-electron chi connectivity index (χ0n) is 19.5. The predicted octanol–water partition coefficient (Wildman–Crippen LogP) is 1.54. The number of nitrogens with one attached hydrogen (secondary N) is 3. The molecule has 1 aliphatic rings. The van der Waals surface area contributed by atoms with E-state index in [1.165, 1.54) is 0 Å². The Hall–Kier alpha value is -2.94. The highest BCUT2D eigenvalue weighted by Crippen LogP contribution is 2.13. The molecule has 1 atom stereocenters. The van der Waals surface area contributed by atoms with Gasteiger partial charge in [-0.25, -0.2) is 0 Å². The van der Waals surface area contributed by atoms with E-state index in [1.807, 2.05) is 34.6 Å². The van der Waals surface area contributed by atoms with Crippen LogP contribution >= 0.6 is 0 Å². The number of rotatable bonds is 8. The second kappa shape index (κ2) is 11.1. The zero-order valence-corrected chi connectivity index (χ0v) is 19.5. The second-order valence-corrected chi connectivity index (χ2v) is 9.39. The van der Waals surface area contributed by atoms with Gasteiger partial charge >= 0.3 is 5.97 Å². The minimum absolute atomic E-state index is 0.0399. The monoisotopic (exact) mass is 446 g/mol. The summed E-state index contributed by atoms with van der Waals surface area (Å²) in [6, 6.07) is 5.83. The lowest BCUT2D eigenvalue weighted by Gasteiger charge is -2.33. The summed E-state index contributed by atoms with van der Waals surface area (Å²) in [6.45, 7) is 10.7. The third kappa shape index (κ3) is 8.30. The van der Waals surface area contributed by atoms with Crippen molar-refractivity contribution in [2.24, 2.45) is 5.92 Å². The predicted molar refractivity (Wildman–Crippen MR) is 121 cm³/mol. The summed E-state index contributed by atoms with van der Waals surface area (Å²) in [6.07, 6.45) is -0.108. The first-order chi connectivity index (χ1) is 14.9. The number of carbonyl (C=O) groups excluding carboxylic acids is 4. The van der Waals surface area contributed by atoms with Gasteiger partial charge in [0.1, 0.15) is 6.04 Å². The molecule has 3 amide bonds. The van der Waals surface area contributed by atoms with Crippen molar-refractivity contribution < 1.29 is 23.9 Å². The number of esters is 1. The zero-order chi connectivity index (χ0) is 23.9. The van der Waals surface area contributed by atoms with Crippen molar-refractivity contribution in [1.29, 1.82) is 0 Å². The van der Waals surface area contributed by atoms with Gasteiger partial charge in [-0.05, 0) is 51.0 Å². The molecular formula is C23H34N4O5. The Bertz CT molecular complexity index is 830. The summed E-state index contributed by atoms with van der Waals surface area (Å²) in [7, 11) is 0. The van der Waals surface area contributed by atoms with E-state index in [-0.39, 0.29) is 48.8 Å². The Morgan fingerprint density at radius 1 is 1.19 bits per heavy atom. The molecule has 0 radical (unpaired) electrons. The lowest BCUT2D eigenvalue weighted by Crippen LogP contribution is -2.57. The summed E-state index contributed by atoms with van der Waals surface area (Å²) in [5.41, 5.74) is 0.685. The van der Waals surface area contributed by atoms with Gasteiger partial charge in [-0.2, -0.15) is 0 Å². The van der Waals surface area contributed by atoms with Gasteiger partial charge in [-0.15, -0.1) is 0 Å². The Balaban J connectivity index is 1.94. The number of hydrogen-bond donors (Lipinski definition) is 3. The number of nitrogens with zero attached hydrogens (tertiary/aromatic N) is 1. The first-order valence-electron chi connectivity index (χ1n) is 10.8. The quantitative estimate of drug-likeness (QED) is 0.522. The van der Waals surface area contributed by atoms with Crippen LogP contribution in [-0.4, -0.2) is 66.4 Å². The molecule has 3 N–H and O–H groups in total. The molecule has 1 fully saturated rings. The molecule has 0 aromatic heterocycles. The number of piperazine rings is 1. The topological polar surface area (TPSA) is 117 Å². The molecule has 1 aromatic carbocycles.